The van der Waals surface area contributed by atoms with E-state index in [1.807, 2.05) is 12.3 Å². The summed E-state index contributed by atoms with van der Waals surface area (Å²) in [7, 11) is 0. The largest absolute Gasteiger partial charge is 0.383 e. The minimum absolute atomic E-state index is 0.589. The first kappa shape index (κ1) is 9.84. The van der Waals surface area contributed by atoms with E-state index in [2.05, 4.69) is 37.3 Å². The van der Waals surface area contributed by atoms with Crippen molar-refractivity contribution in [3.63, 3.8) is 0 Å². The Labute approximate surface area is 98.6 Å². The van der Waals surface area contributed by atoms with E-state index < -0.39 is 0 Å². The first-order valence-corrected chi connectivity index (χ1v) is 5.84. The van der Waals surface area contributed by atoms with Gasteiger partial charge in [0.1, 0.15) is 5.82 Å². The van der Waals surface area contributed by atoms with Gasteiger partial charge in [-0.3, -0.25) is 0 Å². The van der Waals surface area contributed by atoms with E-state index >= 15 is 0 Å². The van der Waals surface area contributed by atoms with Crippen LogP contribution >= 0.6 is 34.1 Å². The highest BCUT2D eigenvalue weighted by molar-refractivity contribution is 14.1. The molecule has 2 rings (SSSR count). The molecule has 5 nitrogen and oxygen atoms in total. The Morgan fingerprint density at radius 3 is 2.93 bits per heavy atom. The molecule has 0 aliphatic carbocycles. The topological polar surface area (TPSA) is 69.6 Å². The Morgan fingerprint density at radius 1 is 1.64 bits per heavy atom. The van der Waals surface area contributed by atoms with Gasteiger partial charge in [0.15, 0.2) is 0 Å². The first-order chi connectivity index (χ1) is 6.68. The fraction of sp³-hybridized carbons (Fsp3) is 0.286. The SMILES string of the molecule is Cc1nn(Cc2csnn2)c(N)c1I. The molecule has 0 bridgehead atoms. The summed E-state index contributed by atoms with van der Waals surface area (Å²) in [5.74, 6) is 0.691. The van der Waals surface area contributed by atoms with Gasteiger partial charge in [0.25, 0.3) is 0 Å². The molecule has 2 N–H and O–H groups in total. The van der Waals surface area contributed by atoms with Gasteiger partial charge in [-0.2, -0.15) is 5.10 Å². The van der Waals surface area contributed by atoms with E-state index in [1.54, 1.807) is 4.68 Å². The number of aromatic nitrogens is 4. The molecule has 0 aliphatic heterocycles. The molecule has 2 aromatic heterocycles. The molecule has 0 spiro atoms. The third kappa shape index (κ3) is 1.73. The van der Waals surface area contributed by atoms with Crippen LogP contribution in [-0.2, 0) is 6.54 Å². The van der Waals surface area contributed by atoms with Gasteiger partial charge in [0.2, 0.25) is 0 Å². The zero-order valence-electron chi connectivity index (χ0n) is 7.44. The van der Waals surface area contributed by atoms with Crippen LogP contribution in [0.3, 0.4) is 0 Å². The van der Waals surface area contributed by atoms with E-state index in [-0.39, 0.29) is 0 Å². The monoisotopic (exact) mass is 321 g/mol. The molecule has 0 fully saturated rings. The number of rotatable bonds is 2. The predicted molar refractivity (Wildman–Crippen MR) is 63.1 cm³/mol. The molecule has 0 radical (unpaired) electrons. The summed E-state index contributed by atoms with van der Waals surface area (Å²) < 4.78 is 6.53. The summed E-state index contributed by atoms with van der Waals surface area (Å²) >= 11 is 3.52. The van der Waals surface area contributed by atoms with Gasteiger partial charge in [-0.15, -0.1) is 5.10 Å². The molecule has 2 aromatic rings. The number of hydrogen-bond donors (Lipinski definition) is 1. The molecule has 0 amide bonds. The van der Waals surface area contributed by atoms with Crippen molar-refractivity contribution >= 4 is 39.9 Å². The molecule has 0 aliphatic rings. The molecular weight excluding hydrogens is 313 g/mol. The zero-order chi connectivity index (χ0) is 10.1. The molecular formula is C7H8IN5S. The van der Waals surface area contributed by atoms with Crippen molar-refractivity contribution in [1.82, 2.24) is 19.4 Å². The average Bonchev–Trinajstić information content (AvgIpc) is 2.73. The average molecular weight is 321 g/mol. The van der Waals surface area contributed by atoms with Crippen molar-refractivity contribution in [2.45, 2.75) is 13.5 Å². The van der Waals surface area contributed by atoms with Crippen LogP contribution in [0.4, 0.5) is 5.82 Å². The lowest BCUT2D eigenvalue weighted by Crippen LogP contribution is -2.06. The summed E-state index contributed by atoms with van der Waals surface area (Å²) in [5, 5.41) is 10.1. The van der Waals surface area contributed by atoms with E-state index in [9.17, 15) is 0 Å². The Kier molecular flexibility index (Phi) is 2.68. The van der Waals surface area contributed by atoms with Crippen LogP contribution in [0.5, 0.6) is 0 Å². The van der Waals surface area contributed by atoms with Gasteiger partial charge in [-0.1, -0.05) is 4.49 Å². The van der Waals surface area contributed by atoms with E-state index in [1.165, 1.54) is 11.5 Å². The van der Waals surface area contributed by atoms with Gasteiger partial charge in [-0.05, 0) is 41.0 Å². The molecule has 74 valence electrons. The summed E-state index contributed by atoms with van der Waals surface area (Å²) in [6, 6.07) is 0. The second-order valence-corrected chi connectivity index (χ2v) is 4.53. The molecule has 7 heteroatoms. The molecule has 0 atom stereocenters. The standard InChI is InChI=1S/C7H8IN5S/c1-4-6(8)7(9)13(11-4)2-5-3-14-12-10-5/h3H,2,9H2,1H3. The predicted octanol–water partition coefficient (Wildman–Crippen LogP) is 1.28. The van der Waals surface area contributed by atoms with Crippen molar-refractivity contribution in [2.75, 3.05) is 5.73 Å². The highest BCUT2D eigenvalue weighted by Crippen LogP contribution is 2.18. The normalized spacial score (nSPS) is 10.7. The Balaban J connectivity index is 2.30. The Bertz CT molecular complexity index is 435. The third-order valence-electron chi connectivity index (χ3n) is 1.81. The van der Waals surface area contributed by atoms with Crippen molar-refractivity contribution in [2.24, 2.45) is 0 Å². The summed E-state index contributed by atoms with van der Waals surface area (Å²) in [4.78, 5) is 0. The lowest BCUT2D eigenvalue weighted by atomic mass is 10.4. The van der Waals surface area contributed by atoms with Crippen molar-refractivity contribution < 1.29 is 0 Å². The zero-order valence-corrected chi connectivity index (χ0v) is 10.4. The van der Waals surface area contributed by atoms with Crippen molar-refractivity contribution in [3.05, 3.63) is 20.3 Å². The summed E-state index contributed by atoms with van der Waals surface area (Å²) in [6.07, 6.45) is 0. The van der Waals surface area contributed by atoms with Crippen molar-refractivity contribution in [1.29, 1.82) is 0 Å². The molecule has 0 saturated heterocycles. The van der Waals surface area contributed by atoms with Gasteiger partial charge in [0, 0.05) is 5.38 Å². The van der Waals surface area contributed by atoms with Crippen LogP contribution in [0.1, 0.15) is 11.4 Å². The number of nitrogen functional groups attached to an aromatic ring is 1. The number of anilines is 1. The minimum Gasteiger partial charge on any atom is -0.383 e. The fourth-order valence-electron chi connectivity index (χ4n) is 1.10. The number of nitrogens with two attached hydrogens (primary N) is 1. The number of nitrogens with zero attached hydrogens (tertiary/aromatic N) is 4. The van der Waals surface area contributed by atoms with Gasteiger partial charge < -0.3 is 5.73 Å². The summed E-state index contributed by atoms with van der Waals surface area (Å²) in [6.45, 7) is 2.53. The van der Waals surface area contributed by atoms with Crippen LogP contribution in [0, 0.1) is 10.5 Å². The first-order valence-electron chi connectivity index (χ1n) is 3.93. The quantitative estimate of drug-likeness (QED) is 0.846. The maximum atomic E-state index is 5.87. The van der Waals surface area contributed by atoms with Gasteiger partial charge >= 0.3 is 0 Å². The number of aryl methyl sites for hydroxylation is 1. The Morgan fingerprint density at radius 2 is 2.43 bits per heavy atom. The van der Waals surface area contributed by atoms with Crippen molar-refractivity contribution in [3.8, 4) is 0 Å². The highest BCUT2D eigenvalue weighted by atomic mass is 127. The van der Waals surface area contributed by atoms with E-state index in [4.69, 9.17) is 5.73 Å². The van der Waals surface area contributed by atoms with Crippen LogP contribution < -0.4 is 5.73 Å². The molecule has 0 aromatic carbocycles. The summed E-state index contributed by atoms with van der Waals surface area (Å²) in [5.41, 5.74) is 7.71. The van der Waals surface area contributed by atoms with Gasteiger partial charge in [-0.25, -0.2) is 4.68 Å². The number of hydrogen-bond acceptors (Lipinski definition) is 5. The lowest BCUT2D eigenvalue weighted by Gasteiger charge is -1.99. The maximum absolute atomic E-state index is 5.87. The Hall–Kier alpha value is -0.700. The molecule has 0 saturated carbocycles. The second kappa shape index (κ2) is 3.81. The molecule has 2 heterocycles. The molecule has 0 unspecified atom stereocenters. The highest BCUT2D eigenvalue weighted by Gasteiger charge is 2.10. The van der Waals surface area contributed by atoms with Crippen LogP contribution in [-0.4, -0.2) is 19.4 Å². The van der Waals surface area contributed by atoms with Crippen LogP contribution in [0.15, 0.2) is 5.38 Å². The van der Waals surface area contributed by atoms with E-state index in [0.29, 0.717) is 12.4 Å². The van der Waals surface area contributed by atoms with Gasteiger partial charge in [0.05, 0.1) is 21.5 Å². The van der Waals surface area contributed by atoms with Crippen LogP contribution in [0.2, 0.25) is 0 Å². The second-order valence-electron chi connectivity index (χ2n) is 2.84. The number of halogens is 1. The van der Waals surface area contributed by atoms with Crippen LogP contribution in [0.25, 0.3) is 0 Å². The minimum atomic E-state index is 0.589. The van der Waals surface area contributed by atoms with E-state index in [0.717, 1.165) is 15.0 Å². The third-order valence-corrected chi connectivity index (χ3v) is 3.69. The lowest BCUT2D eigenvalue weighted by molar-refractivity contribution is 0.673. The smallest absolute Gasteiger partial charge is 0.135 e. The molecule has 14 heavy (non-hydrogen) atoms. The maximum Gasteiger partial charge on any atom is 0.135 e. The fourth-order valence-corrected chi connectivity index (χ4v) is 1.93.